The Kier molecular flexibility index (Phi) is 4.71. The average molecular weight is 346 g/mol. The van der Waals surface area contributed by atoms with Crippen LogP contribution in [0, 0.1) is 18.6 Å². The second-order valence-corrected chi connectivity index (χ2v) is 6.45. The molecule has 0 aliphatic rings. The Morgan fingerprint density at radius 3 is 2.68 bits per heavy atom. The minimum Gasteiger partial charge on any atom is -0.312 e. The van der Waals surface area contributed by atoms with Crippen LogP contribution in [0.25, 0.3) is 0 Å². The lowest BCUT2D eigenvalue weighted by Crippen LogP contribution is -2.18. The van der Waals surface area contributed by atoms with E-state index < -0.39 is 11.6 Å². The maximum atomic E-state index is 13.7. The number of benzene rings is 1. The summed E-state index contributed by atoms with van der Waals surface area (Å²) < 4.78 is 27.9. The maximum absolute atomic E-state index is 13.7. The standard InChI is InChI=1S/C14H14BrF2NS/c1-8-10(15)7-13(19-8)12(18-2)6-9-4-3-5-11(16)14(9)17/h3-5,7,12,18H,6H2,1-2H3. The Morgan fingerprint density at radius 2 is 2.11 bits per heavy atom. The van der Waals surface area contributed by atoms with Gasteiger partial charge in [0.15, 0.2) is 11.6 Å². The number of hydrogen-bond acceptors (Lipinski definition) is 2. The minimum absolute atomic E-state index is 0.0219. The zero-order chi connectivity index (χ0) is 14.0. The fraction of sp³-hybridized carbons (Fsp3) is 0.286. The molecule has 1 nitrogen and oxygen atoms in total. The monoisotopic (exact) mass is 345 g/mol. The van der Waals surface area contributed by atoms with Gasteiger partial charge in [0, 0.05) is 20.3 Å². The molecule has 0 aliphatic heterocycles. The van der Waals surface area contributed by atoms with Gasteiger partial charge in [-0.2, -0.15) is 0 Å². The van der Waals surface area contributed by atoms with Crippen LogP contribution in [0.4, 0.5) is 8.78 Å². The summed E-state index contributed by atoms with van der Waals surface area (Å²) in [6, 6.07) is 6.30. The van der Waals surface area contributed by atoms with E-state index in [1.54, 1.807) is 17.4 Å². The predicted molar refractivity (Wildman–Crippen MR) is 78.6 cm³/mol. The zero-order valence-electron chi connectivity index (χ0n) is 10.6. The summed E-state index contributed by atoms with van der Waals surface area (Å²) in [4.78, 5) is 2.28. The van der Waals surface area contributed by atoms with Crippen LogP contribution in [-0.2, 0) is 6.42 Å². The van der Waals surface area contributed by atoms with E-state index in [1.165, 1.54) is 10.9 Å². The summed E-state index contributed by atoms with van der Waals surface area (Å²) in [7, 11) is 1.82. The van der Waals surface area contributed by atoms with Crippen LogP contribution < -0.4 is 5.32 Å². The Labute approximate surface area is 123 Å². The highest BCUT2D eigenvalue weighted by Gasteiger charge is 2.17. The molecule has 0 bridgehead atoms. The summed E-state index contributed by atoms with van der Waals surface area (Å²) in [6.07, 6.45) is 0.423. The van der Waals surface area contributed by atoms with Crippen LogP contribution in [-0.4, -0.2) is 7.05 Å². The van der Waals surface area contributed by atoms with Crippen LogP contribution in [0.2, 0.25) is 0 Å². The Morgan fingerprint density at radius 1 is 1.37 bits per heavy atom. The molecule has 19 heavy (non-hydrogen) atoms. The molecule has 102 valence electrons. The van der Waals surface area contributed by atoms with Gasteiger partial charge in [-0.3, -0.25) is 0 Å². The summed E-state index contributed by atoms with van der Waals surface area (Å²) in [5.41, 5.74) is 0.390. The van der Waals surface area contributed by atoms with E-state index in [9.17, 15) is 8.78 Å². The Bertz CT molecular complexity index is 563. The molecule has 0 radical (unpaired) electrons. The SMILES string of the molecule is CNC(Cc1cccc(F)c1F)c1cc(Br)c(C)s1. The molecule has 0 saturated heterocycles. The zero-order valence-corrected chi connectivity index (χ0v) is 13.0. The number of thiophene rings is 1. The van der Waals surface area contributed by atoms with Crippen LogP contribution in [0.3, 0.4) is 0 Å². The van der Waals surface area contributed by atoms with Crippen molar-refractivity contribution in [3.63, 3.8) is 0 Å². The fourth-order valence-electron chi connectivity index (χ4n) is 1.92. The molecule has 2 rings (SSSR count). The Hall–Kier alpha value is -0.780. The van der Waals surface area contributed by atoms with Gasteiger partial charge in [-0.1, -0.05) is 12.1 Å². The number of aryl methyl sites for hydroxylation is 1. The number of nitrogens with one attached hydrogen (secondary N) is 1. The van der Waals surface area contributed by atoms with Crippen molar-refractivity contribution in [1.29, 1.82) is 0 Å². The topological polar surface area (TPSA) is 12.0 Å². The van der Waals surface area contributed by atoms with Crippen molar-refractivity contribution in [1.82, 2.24) is 5.32 Å². The lowest BCUT2D eigenvalue weighted by atomic mass is 10.0. The lowest BCUT2D eigenvalue weighted by Gasteiger charge is -2.15. The first-order chi connectivity index (χ1) is 9.02. The van der Waals surface area contributed by atoms with Crippen molar-refractivity contribution >= 4 is 27.3 Å². The molecule has 1 N–H and O–H groups in total. The van der Waals surface area contributed by atoms with E-state index >= 15 is 0 Å². The molecule has 0 fully saturated rings. The number of rotatable bonds is 4. The van der Waals surface area contributed by atoms with Gasteiger partial charge in [0.2, 0.25) is 0 Å². The van der Waals surface area contributed by atoms with Gasteiger partial charge in [0.05, 0.1) is 0 Å². The van der Waals surface area contributed by atoms with Gasteiger partial charge in [0.25, 0.3) is 0 Å². The van der Waals surface area contributed by atoms with Crippen molar-refractivity contribution < 1.29 is 8.78 Å². The van der Waals surface area contributed by atoms with Crippen molar-refractivity contribution in [2.75, 3.05) is 7.05 Å². The van der Waals surface area contributed by atoms with Crippen LogP contribution in [0.5, 0.6) is 0 Å². The van der Waals surface area contributed by atoms with Gasteiger partial charge in [-0.15, -0.1) is 11.3 Å². The van der Waals surface area contributed by atoms with Crippen LogP contribution in [0.1, 0.15) is 21.4 Å². The van der Waals surface area contributed by atoms with E-state index in [4.69, 9.17) is 0 Å². The van der Waals surface area contributed by atoms with Crippen molar-refractivity contribution in [2.45, 2.75) is 19.4 Å². The average Bonchev–Trinajstić information content (AvgIpc) is 2.71. The molecule has 0 aliphatic carbocycles. The van der Waals surface area contributed by atoms with Gasteiger partial charge in [-0.25, -0.2) is 8.78 Å². The Balaban J connectivity index is 2.26. The lowest BCUT2D eigenvalue weighted by molar-refractivity contribution is 0.488. The normalized spacial score (nSPS) is 12.7. The van der Waals surface area contributed by atoms with Gasteiger partial charge in [-0.05, 0) is 54.0 Å². The fourth-order valence-corrected chi connectivity index (χ4v) is 3.60. The molecule has 1 atom stereocenters. The van der Waals surface area contributed by atoms with Crippen LogP contribution >= 0.6 is 27.3 Å². The molecule has 5 heteroatoms. The first-order valence-electron chi connectivity index (χ1n) is 5.89. The van der Waals surface area contributed by atoms with E-state index in [0.717, 1.165) is 15.4 Å². The molecule has 0 amide bonds. The molecule has 1 unspecified atom stereocenters. The van der Waals surface area contributed by atoms with Crippen molar-refractivity contribution in [3.05, 3.63) is 55.7 Å². The summed E-state index contributed by atoms with van der Waals surface area (Å²) >= 11 is 5.12. The second kappa shape index (κ2) is 6.11. The van der Waals surface area contributed by atoms with Crippen molar-refractivity contribution in [2.24, 2.45) is 0 Å². The van der Waals surface area contributed by atoms with Gasteiger partial charge in [0.1, 0.15) is 0 Å². The highest BCUT2D eigenvalue weighted by Crippen LogP contribution is 2.32. The van der Waals surface area contributed by atoms with E-state index in [-0.39, 0.29) is 6.04 Å². The largest absolute Gasteiger partial charge is 0.312 e. The third kappa shape index (κ3) is 3.22. The molecule has 2 aromatic rings. The summed E-state index contributed by atoms with van der Waals surface area (Å²) in [5, 5.41) is 3.15. The highest BCUT2D eigenvalue weighted by atomic mass is 79.9. The third-order valence-corrected chi connectivity index (χ3v) is 5.27. The predicted octanol–water partition coefficient (Wildman–Crippen LogP) is 4.60. The molecule has 1 heterocycles. The molecule has 0 spiro atoms. The smallest absolute Gasteiger partial charge is 0.162 e. The first-order valence-corrected chi connectivity index (χ1v) is 7.50. The van der Waals surface area contributed by atoms with Gasteiger partial charge < -0.3 is 5.32 Å². The molecular formula is C14H14BrF2NS. The van der Waals surface area contributed by atoms with E-state index in [2.05, 4.69) is 21.2 Å². The van der Waals surface area contributed by atoms with Crippen LogP contribution in [0.15, 0.2) is 28.7 Å². The maximum Gasteiger partial charge on any atom is 0.162 e. The van der Waals surface area contributed by atoms with Gasteiger partial charge >= 0.3 is 0 Å². The number of likely N-dealkylation sites (N-methyl/N-ethyl adjacent to an activating group) is 1. The van der Waals surface area contributed by atoms with Crippen molar-refractivity contribution in [3.8, 4) is 0 Å². The third-order valence-electron chi connectivity index (χ3n) is 3.02. The number of hydrogen-bond donors (Lipinski definition) is 1. The summed E-state index contributed by atoms with van der Waals surface area (Å²) in [5.74, 6) is -1.55. The molecule has 1 aromatic heterocycles. The van der Waals surface area contributed by atoms with E-state index in [1.807, 2.05) is 20.0 Å². The highest BCUT2D eigenvalue weighted by molar-refractivity contribution is 9.10. The molecule has 0 saturated carbocycles. The minimum atomic E-state index is -0.795. The molecule has 1 aromatic carbocycles. The first kappa shape index (κ1) is 14.6. The second-order valence-electron chi connectivity index (χ2n) is 4.31. The number of halogens is 3. The molecular weight excluding hydrogens is 332 g/mol. The van der Waals surface area contributed by atoms with E-state index in [0.29, 0.717) is 12.0 Å². The quantitative estimate of drug-likeness (QED) is 0.853. The summed E-state index contributed by atoms with van der Waals surface area (Å²) in [6.45, 7) is 2.02.